The van der Waals surface area contributed by atoms with E-state index in [1.54, 1.807) is 52.2 Å². The van der Waals surface area contributed by atoms with Gasteiger partial charge < -0.3 is 15.0 Å². The van der Waals surface area contributed by atoms with Crippen molar-refractivity contribution >= 4 is 35.1 Å². The molecule has 0 radical (unpaired) electrons. The van der Waals surface area contributed by atoms with Gasteiger partial charge in [0.05, 0.1) is 36.5 Å². The van der Waals surface area contributed by atoms with Crippen LogP contribution in [-0.4, -0.2) is 51.1 Å². The Bertz CT molecular complexity index is 1770. The fraction of sp³-hybridized carbons (Fsp3) is 0.303. The number of ether oxygens (including phenoxy) is 1. The molecule has 2 amide bonds. The molecule has 1 unspecified atom stereocenters. The highest BCUT2D eigenvalue weighted by molar-refractivity contribution is 6.30. The van der Waals surface area contributed by atoms with Gasteiger partial charge in [-0.15, -0.1) is 0 Å². The highest BCUT2D eigenvalue weighted by atomic mass is 35.5. The first-order valence-corrected chi connectivity index (χ1v) is 14.9. The highest BCUT2D eigenvalue weighted by Gasteiger charge is 2.35. The molecule has 4 heterocycles. The van der Waals surface area contributed by atoms with Gasteiger partial charge in [0.2, 0.25) is 11.9 Å². The van der Waals surface area contributed by atoms with Gasteiger partial charge in [-0.25, -0.2) is 9.67 Å². The summed E-state index contributed by atoms with van der Waals surface area (Å²) >= 11 is 6.18. The van der Waals surface area contributed by atoms with E-state index in [1.165, 1.54) is 13.3 Å². The van der Waals surface area contributed by atoms with E-state index in [4.69, 9.17) is 16.3 Å². The molecule has 0 aliphatic carbocycles. The molecule has 2 aliphatic rings. The van der Waals surface area contributed by atoms with Crippen molar-refractivity contribution in [2.24, 2.45) is 5.92 Å². The molecule has 2 atom stereocenters. The van der Waals surface area contributed by atoms with Crippen molar-refractivity contribution in [3.8, 4) is 16.8 Å². The third kappa shape index (κ3) is 5.81. The molecule has 44 heavy (non-hydrogen) atoms. The van der Waals surface area contributed by atoms with Crippen LogP contribution >= 0.6 is 11.6 Å². The Morgan fingerprint density at radius 3 is 2.77 bits per heavy atom. The monoisotopic (exact) mass is 615 g/mol. The maximum Gasteiger partial charge on any atom is 0.309 e. The number of methoxy groups -OCH3 is 1. The molecule has 1 N–H and O–H groups in total. The van der Waals surface area contributed by atoms with E-state index in [0.717, 1.165) is 5.69 Å². The maximum atomic E-state index is 15.6. The smallest absolute Gasteiger partial charge is 0.309 e. The summed E-state index contributed by atoms with van der Waals surface area (Å²) in [5.41, 5.74) is 4.55. The van der Waals surface area contributed by atoms with E-state index in [1.807, 2.05) is 19.1 Å². The van der Waals surface area contributed by atoms with Crippen molar-refractivity contribution in [3.05, 3.63) is 94.3 Å². The molecule has 2 aromatic heterocycles. The van der Waals surface area contributed by atoms with E-state index < -0.39 is 18.0 Å². The Morgan fingerprint density at radius 2 is 1.98 bits per heavy atom. The first-order chi connectivity index (χ1) is 21.2. The van der Waals surface area contributed by atoms with Gasteiger partial charge in [0.25, 0.3) is 5.91 Å². The summed E-state index contributed by atoms with van der Waals surface area (Å²) in [4.78, 5) is 44.9. The van der Waals surface area contributed by atoms with Gasteiger partial charge in [-0.2, -0.15) is 9.49 Å². The van der Waals surface area contributed by atoms with Crippen molar-refractivity contribution in [1.82, 2.24) is 19.7 Å². The fourth-order valence-electron chi connectivity index (χ4n) is 5.93. The van der Waals surface area contributed by atoms with Gasteiger partial charge in [-0.05, 0) is 48.7 Å². The zero-order valence-corrected chi connectivity index (χ0v) is 25.1. The minimum atomic E-state index is -0.648. The molecule has 0 fully saturated rings. The summed E-state index contributed by atoms with van der Waals surface area (Å²) in [6.07, 6.45) is 5.23. The topological polar surface area (TPSA) is 106 Å². The van der Waals surface area contributed by atoms with Crippen LogP contribution in [0.4, 0.5) is 10.1 Å². The van der Waals surface area contributed by atoms with Crippen LogP contribution in [0.5, 0.6) is 0 Å². The Kier molecular flexibility index (Phi) is 8.18. The zero-order chi connectivity index (χ0) is 31.0. The van der Waals surface area contributed by atoms with E-state index >= 15 is 4.39 Å². The van der Waals surface area contributed by atoms with E-state index in [9.17, 15) is 14.4 Å². The van der Waals surface area contributed by atoms with Crippen molar-refractivity contribution in [1.29, 1.82) is 0 Å². The number of carbonyl (C=O) groups is 3. The van der Waals surface area contributed by atoms with E-state index in [0.29, 0.717) is 76.4 Å². The lowest BCUT2D eigenvalue weighted by Crippen LogP contribution is -2.40. The minimum absolute atomic E-state index is 0.0388. The number of nitrogens with one attached hydrogen (secondary N) is 1. The molecule has 9 nitrogen and oxygen atoms in total. The number of nitrogens with zero attached hydrogens (tertiary/aromatic N) is 4. The van der Waals surface area contributed by atoms with Gasteiger partial charge in [-0.1, -0.05) is 43.1 Å². The van der Waals surface area contributed by atoms with Crippen molar-refractivity contribution in [2.75, 3.05) is 19.0 Å². The number of amides is 2. The molecule has 11 heteroatoms. The number of fused-ring (bicyclic) bond motifs is 5. The Balaban J connectivity index is 1.39. The quantitative estimate of drug-likeness (QED) is 0.225. The molecule has 0 saturated carbocycles. The summed E-state index contributed by atoms with van der Waals surface area (Å²) in [7, 11) is 1.32. The van der Waals surface area contributed by atoms with Crippen molar-refractivity contribution < 1.29 is 23.5 Å². The molecule has 0 saturated heterocycles. The van der Waals surface area contributed by atoms with Crippen LogP contribution in [0.2, 0.25) is 5.02 Å². The standard InChI is InChI=1S/C33H31ClFN5O4/c1-19-5-3-8-29(39-12-11-27-26(33(39)43)18-40(38-27)23-7-4-6-22(34)16-23)25-15-21(17-36-31(25)35)24-10-9-20(14-30(41)44-2)13-28(24)37-32(19)42/h4,6-7,9-10,13,15-19,29H,3,5,8,11-12,14H2,1-2H3,(H,37,42)/t19?,29-/m0/s1. The van der Waals surface area contributed by atoms with Crippen LogP contribution in [0.15, 0.2) is 60.9 Å². The third-order valence-corrected chi connectivity index (χ3v) is 8.57. The van der Waals surface area contributed by atoms with Crippen LogP contribution < -0.4 is 5.32 Å². The minimum Gasteiger partial charge on any atom is -0.469 e. The average Bonchev–Trinajstić information content (AvgIpc) is 3.46. The molecular formula is C33H31ClFN5O4. The second kappa shape index (κ2) is 12.2. The normalized spacial score (nSPS) is 18.4. The van der Waals surface area contributed by atoms with Gasteiger partial charge in [-0.3, -0.25) is 14.4 Å². The predicted molar refractivity (Wildman–Crippen MR) is 163 cm³/mol. The van der Waals surface area contributed by atoms with Crippen molar-refractivity contribution in [2.45, 2.75) is 45.1 Å². The number of esters is 1. The molecule has 6 rings (SSSR count). The SMILES string of the molecule is COC(=O)Cc1ccc2c(c1)NC(=O)C(C)CCC[C@H](N1CCc3nn(-c4cccc(Cl)c4)cc3C1=O)c1cc-2cnc1F. The summed E-state index contributed by atoms with van der Waals surface area (Å²) in [6, 6.07) is 13.6. The number of carbonyl (C=O) groups excluding carboxylic acids is 3. The first kappa shape index (κ1) is 29.5. The van der Waals surface area contributed by atoms with Crippen molar-refractivity contribution in [3.63, 3.8) is 0 Å². The van der Waals surface area contributed by atoms with Gasteiger partial charge in [0, 0.05) is 58.7 Å². The summed E-state index contributed by atoms with van der Waals surface area (Å²) in [5, 5.41) is 8.20. The predicted octanol–water partition coefficient (Wildman–Crippen LogP) is 5.94. The molecule has 2 aromatic carbocycles. The Labute approximate surface area is 259 Å². The van der Waals surface area contributed by atoms with Crippen LogP contribution in [0.25, 0.3) is 16.8 Å². The maximum absolute atomic E-state index is 15.6. The molecular weight excluding hydrogens is 585 g/mol. The van der Waals surface area contributed by atoms with E-state index in [-0.39, 0.29) is 24.2 Å². The number of hydrogen-bond donors (Lipinski definition) is 1. The molecule has 4 aromatic rings. The highest BCUT2D eigenvalue weighted by Crippen LogP contribution is 2.37. The summed E-state index contributed by atoms with van der Waals surface area (Å²) in [6.45, 7) is 2.20. The van der Waals surface area contributed by atoms with Gasteiger partial charge in [0.1, 0.15) is 0 Å². The fourth-order valence-corrected chi connectivity index (χ4v) is 6.11. The average molecular weight is 616 g/mol. The number of benzene rings is 2. The molecule has 0 spiro atoms. The first-order valence-electron chi connectivity index (χ1n) is 14.5. The lowest BCUT2D eigenvalue weighted by molar-refractivity contribution is -0.139. The molecule has 2 aliphatic heterocycles. The second-order valence-electron chi connectivity index (χ2n) is 11.2. The third-order valence-electron chi connectivity index (χ3n) is 8.34. The largest absolute Gasteiger partial charge is 0.469 e. The second-order valence-corrected chi connectivity index (χ2v) is 11.7. The van der Waals surface area contributed by atoms with Crippen LogP contribution in [0, 0.1) is 11.9 Å². The van der Waals surface area contributed by atoms with Crippen LogP contribution in [0.3, 0.4) is 0 Å². The number of aromatic nitrogens is 3. The van der Waals surface area contributed by atoms with Crippen LogP contribution in [-0.2, 0) is 27.2 Å². The number of anilines is 1. The van der Waals surface area contributed by atoms with E-state index in [2.05, 4.69) is 15.4 Å². The summed E-state index contributed by atoms with van der Waals surface area (Å²) < 4.78 is 22.0. The number of hydrogen-bond acceptors (Lipinski definition) is 6. The number of halogens is 2. The number of rotatable bonds is 4. The van der Waals surface area contributed by atoms with Gasteiger partial charge >= 0.3 is 5.97 Å². The lowest BCUT2D eigenvalue weighted by atomic mass is 9.91. The lowest BCUT2D eigenvalue weighted by Gasteiger charge is -2.35. The Morgan fingerprint density at radius 1 is 1.14 bits per heavy atom. The summed E-state index contributed by atoms with van der Waals surface area (Å²) in [5.74, 6) is -1.79. The molecule has 226 valence electrons. The Hall–Kier alpha value is -4.57. The van der Waals surface area contributed by atoms with Gasteiger partial charge in [0.15, 0.2) is 0 Å². The zero-order valence-electron chi connectivity index (χ0n) is 24.3. The molecule has 2 bridgehead atoms. The number of pyridine rings is 1. The van der Waals surface area contributed by atoms with Crippen LogP contribution in [0.1, 0.15) is 59.4 Å².